The van der Waals surface area contributed by atoms with Gasteiger partial charge in [-0.15, -0.1) is 0 Å². The number of rotatable bonds is 9. The van der Waals surface area contributed by atoms with Crippen molar-refractivity contribution in [3.05, 3.63) is 70.5 Å². The molecule has 0 unspecified atom stereocenters. The zero-order valence-corrected chi connectivity index (χ0v) is 21.6. The molecule has 0 fully saturated rings. The van der Waals surface area contributed by atoms with Gasteiger partial charge < -0.3 is 14.0 Å². The fourth-order valence-electron chi connectivity index (χ4n) is 3.62. The fourth-order valence-corrected chi connectivity index (χ4v) is 4.60. The van der Waals surface area contributed by atoms with Crippen molar-refractivity contribution < 1.29 is 22.7 Å². The molecular formula is C24H27ClN4O5S. The molecule has 3 rings (SSSR count). The molecule has 11 heteroatoms. The number of methoxy groups -OCH3 is 2. The number of aromatic nitrogens is 1. The van der Waals surface area contributed by atoms with E-state index >= 15 is 0 Å². The van der Waals surface area contributed by atoms with Crippen LogP contribution in [0.1, 0.15) is 17.0 Å². The molecule has 0 radical (unpaired) electrons. The lowest BCUT2D eigenvalue weighted by Gasteiger charge is -2.23. The Labute approximate surface area is 210 Å². The average Bonchev–Trinajstić information content (AvgIpc) is 3.10. The molecule has 0 saturated heterocycles. The molecule has 35 heavy (non-hydrogen) atoms. The van der Waals surface area contributed by atoms with Crippen LogP contribution in [0.5, 0.6) is 11.5 Å². The Morgan fingerprint density at radius 2 is 1.80 bits per heavy atom. The molecule has 0 spiro atoms. The monoisotopic (exact) mass is 518 g/mol. The van der Waals surface area contributed by atoms with Gasteiger partial charge in [0.05, 0.1) is 32.4 Å². The van der Waals surface area contributed by atoms with E-state index < -0.39 is 22.5 Å². The second kappa shape index (κ2) is 10.8. The topological polar surface area (TPSA) is 102 Å². The molecular weight excluding hydrogens is 492 g/mol. The first-order valence-electron chi connectivity index (χ1n) is 10.5. The smallest absolute Gasteiger partial charge is 0.260 e. The third-order valence-corrected chi connectivity index (χ3v) is 6.67. The van der Waals surface area contributed by atoms with Crippen molar-refractivity contribution in [2.24, 2.45) is 5.10 Å². The first-order chi connectivity index (χ1) is 16.5. The van der Waals surface area contributed by atoms with Crippen molar-refractivity contribution in [3.8, 4) is 17.2 Å². The Hall–Kier alpha value is -3.50. The summed E-state index contributed by atoms with van der Waals surface area (Å²) in [5.74, 6) is 0.126. The van der Waals surface area contributed by atoms with Gasteiger partial charge in [-0.3, -0.25) is 9.10 Å². The molecule has 9 nitrogen and oxygen atoms in total. The van der Waals surface area contributed by atoms with Crippen molar-refractivity contribution in [2.45, 2.75) is 13.8 Å². The largest absolute Gasteiger partial charge is 0.497 e. The summed E-state index contributed by atoms with van der Waals surface area (Å²) in [6.07, 6.45) is 2.53. The van der Waals surface area contributed by atoms with Gasteiger partial charge in [-0.05, 0) is 56.3 Å². The molecule has 1 amide bonds. The maximum Gasteiger partial charge on any atom is 0.260 e. The number of anilines is 1. The van der Waals surface area contributed by atoms with Gasteiger partial charge in [0.1, 0.15) is 18.0 Å². The lowest BCUT2D eigenvalue weighted by molar-refractivity contribution is -0.119. The first-order valence-corrected chi connectivity index (χ1v) is 12.7. The first kappa shape index (κ1) is 26.1. The SMILES string of the molecule is COc1ccc(N(CC(=O)N/N=C\c2cc(C)n(-c3ccc(Cl)cc3)c2C)S(C)(=O)=O)c(OC)c1. The van der Waals surface area contributed by atoms with Crippen LogP contribution in [0.15, 0.2) is 53.6 Å². The number of hydrogen-bond acceptors (Lipinski definition) is 6. The predicted molar refractivity (Wildman–Crippen MR) is 138 cm³/mol. The summed E-state index contributed by atoms with van der Waals surface area (Å²) in [7, 11) is -0.905. The Morgan fingerprint density at radius 1 is 1.11 bits per heavy atom. The van der Waals surface area contributed by atoms with E-state index in [1.54, 1.807) is 12.1 Å². The fraction of sp³-hybridized carbons (Fsp3) is 0.250. The van der Waals surface area contributed by atoms with Gasteiger partial charge in [0, 0.05) is 33.7 Å². The quantitative estimate of drug-likeness (QED) is 0.344. The summed E-state index contributed by atoms with van der Waals surface area (Å²) in [4.78, 5) is 12.6. The van der Waals surface area contributed by atoms with E-state index in [1.165, 1.54) is 26.5 Å². The number of aryl methyl sites for hydroxylation is 1. The summed E-state index contributed by atoms with van der Waals surface area (Å²) < 4.78 is 38.3. The number of ether oxygens (including phenoxy) is 2. The van der Waals surface area contributed by atoms with Crippen molar-refractivity contribution >= 4 is 39.4 Å². The number of halogens is 1. The van der Waals surface area contributed by atoms with Crippen molar-refractivity contribution in [1.29, 1.82) is 0 Å². The molecule has 0 aliphatic heterocycles. The van der Waals surface area contributed by atoms with E-state index in [9.17, 15) is 13.2 Å². The third kappa shape index (κ3) is 6.14. The van der Waals surface area contributed by atoms with Crippen LogP contribution in [0, 0.1) is 13.8 Å². The van der Waals surface area contributed by atoms with Crippen molar-refractivity contribution in [3.63, 3.8) is 0 Å². The van der Waals surface area contributed by atoms with Gasteiger partial charge in [0.2, 0.25) is 10.0 Å². The van der Waals surface area contributed by atoms with Gasteiger partial charge >= 0.3 is 0 Å². The molecule has 0 atom stereocenters. The molecule has 1 heterocycles. The Bertz CT molecular complexity index is 1350. The normalized spacial score (nSPS) is 11.5. The summed E-state index contributed by atoms with van der Waals surface area (Å²) in [6.45, 7) is 3.42. The average molecular weight is 519 g/mol. The van der Waals surface area contributed by atoms with Gasteiger partial charge in [0.15, 0.2) is 0 Å². The van der Waals surface area contributed by atoms with Gasteiger partial charge in [-0.1, -0.05) is 11.6 Å². The Morgan fingerprint density at radius 3 is 2.40 bits per heavy atom. The molecule has 0 bridgehead atoms. The maximum atomic E-state index is 12.6. The highest BCUT2D eigenvalue weighted by Gasteiger charge is 2.24. The molecule has 0 aliphatic rings. The Kier molecular flexibility index (Phi) is 8.08. The number of nitrogens with one attached hydrogen (secondary N) is 1. The van der Waals surface area contributed by atoms with Gasteiger partial charge in [-0.25, -0.2) is 13.8 Å². The van der Waals surface area contributed by atoms with Crippen LogP contribution in [-0.4, -0.2) is 52.1 Å². The molecule has 186 valence electrons. The van der Waals surface area contributed by atoms with Gasteiger partial charge in [-0.2, -0.15) is 5.10 Å². The van der Waals surface area contributed by atoms with E-state index in [4.69, 9.17) is 21.1 Å². The summed E-state index contributed by atoms with van der Waals surface area (Å²) >= 11 is 5.99. The Balaban J connectivity index is 1.77. The van der Waals surface area contributed by atoms with Crippen LogP contribution in [0.25, 0.3) is 5.69 Å². The van der Waals surface area contributed by atoms with E-state index in [1.807, 2.05) is 48.7 Å². The number of nitrogens with zero attached hydrogens (tertiary/aromatic N) is 3. The summed E-state index contributed by atoms with van der Waals surface area (Å²) in [6, 6.07) is 14.0. The number of hydrazone groups is 1. The highest BCUT2D eigenvalue weighted by atomic mass is 35.5. The van der Waals surface area contributed by atoms with E-state index in [0.717, 1.165) is 33.2 Å². The molecule has 3 aromatic rings. The molecule has 0 saturated carbocycles. The summed E-state index contributed by atoms with van der Waals surface area (Å²) in [5, 5.41) is 4.68. The highest BCUT2D eigenvalue weighted by Crippen LogP contribution is 2.33. The molecule has 0 aliphatic carbocycles. The van der Waals surface area contributed by atoms with Crippen LogP contribution >= 0.6 is 11.6 Å². The standard InChI is InChI=1S/C24H27ClN4O5S/c1-16-12-18(17(2)29(16)20-8-6-19(25)7-9-20)14-26-27-24(30)15-28(35(5,31)32)22-11-10-21(33-3)13-23(22)34-4/h6-14H,15H2,1-5H3,(H,27,30)/b26-14-. The zero-order chi connectivity index (χ0) is 25.8. The van der Waals surface area contributed by atoms with E-state index in [-0.39, 0.29) is 11.4 Å². The number of amides is 1. The van der Waals surface area contributed by atoms with Crippen molar-refractivity contribution in [2.75, 3.05) is 31.3 Å². The predicted octanol–water partition coefficient (Wildman–Crippen LogP) is 3.68. The highest BCUT2D eigenvalue weighted by molar-refractivity contribution is 7.92. The molecule has 2 aromatic carbocycles. The van der Waals surface area contributed by atoms with E-state index in [0.29, 0.717) is 10.8 Å². The van der Waals surface area contributed by atoms with Crippen LogP contribution in [0.4, 0.5) is 5.69 Å². The van der Waals surface area contributed by atoms with Crippen LogP contribution < -0.4 is 19.2 Å². The van der Waals surface area contributed by atoms with Gasteiger partial charge in [0.25, 0.3) is 5.91 Å². The van der Waals surface area contributed by atoms with E-state index in [2.05, 4.69) is 10.5 Å². The lowest BCUT2D eigenvalue weighted by atomic mass is 10.2. The van der Waals surface area contributed by atoms with Crippen LogP contribution in [-0.2, 0) is 14.8 Å². The zero-order valence-electron chi connectivity index (χ0n) is 20.1. The second-order valence-corrected chi connectivity index (χ2v) is 10.1. The number of hydrogen-bond donors (Lipinski definition) is 1. The van der Waals surface area contributed by atoms with Crippen molar-refractivity contribution in [1.82, 2.24) is 9.99 Å². The third-order valence-electron chi connectivity index (χ3n) is 5.29. The minimum Gasteiger partial charge on any atom is -0.497 e. The second-order valence-electron chi connectivity index (χ2n) is 7.74. The number of carbonyl (C=O) groups excluding carboxylic acids is 1. The minimum absolute atomic E-state index is 0.210. The molecule has 1 aromatic heterocycles. The number of benzene rings is 2. The lowest BCUT2D eigenvalue weighted by Crippen LogP contribution is -2.39. The minimum atomic E-state index is -3.80. The maximum absolute atomic E-state index is 12.6. The summed E-state index contributed by atoms with van der Waals surface area (Å²) in [5.41, 5.74) is 6.26. The number of sulfonamides is 1. The van der Waals surface area contributed by atoms with Crippen LogP contribution in [0.2, 0.25) is 5.02 Å². The number of carbonyl (C=O) groups is 1. The van der Waals surface area contributed by atoms with Crippen LogP contribution in [0.3, 0.4) is 0 Å². The molecule has 1 N–H and O–H groups in total.